The van der Waals surface area contributed by atoms with Crippen LogP contribution in [0, 0.1) is 17.1 Å². The Hall–Kier alpha value is -3.46. The van der Waals surface area contributed by atoms with E-state index < -0.39 is 11.4 Å². The molecule has 0 saturated heterocycles. The van der Waals surface area contributed by atoms with Gasteiger partial charge >= 0.3 is 0 Å². The van der Waals surface area contributed by atoms with Gasteiger partial charge in [-0.15, -0.1) is 0 Å². The molecule has 0 amide bonds. The number of nitrogens with zero attached hydrogens (tertiary/aromatic N) is 2. The molecule has 0 fully saturated rings. The summed E-state index contributed by atoms with van der Waals surface area (Å²) >= 11 is 0. The molecule has 5 nitrogen and oxygen atoms in total. The molecule has 3 aromatic rings. The molecule has 0 aliphatic heterocycles. The van der Waals surface area contributed by atoms with Crippen LogP contribution in [0.5, 0.6) is 0 Å². The highest BCUT2D eigenvalue weighted by molar-refractivity contribution is 5.99. The van der Waals surface area contributed by atoms with Crippen LogP contribution in [-0.2, 0) is 6.42 Å². The smallest absolute Gasteiger partial charge is 0.273 e. The van der Waals surface area contributed by atoms with Crippen molar-refractivity contribution >= 4 is 5.78 Å². The zero-order valence-electron chi connectivity index (χ0n) is 13.6. The first-order valence-corrected chi connectivity index (χ1v) is 8.10. The number of Topliss-reactive ketones (excluding diaryl/α,β-unsaturated/α-hetero) is 1. The number of halogens is 1. The second-order valence-electron chi connectivity index (χ2n) is 6.19. The summed E-state index contributed by atoms with van der Waals surface area (Å²) in [6.45, 7) is 0. The summed E-state index contributed by atoms with van der Waals surface area (Å²) in [4.78, 5) is 25.5. The molecule has 128 valence electrons. The van der Waals surface area contributed by atoms with Crippen molar-refractivity contribution in [3.63, 3.8) is 0 Å². The molecular formula is C20H13FN2O3. The molecule has 0 radical (unpaired) electrons. The van der Waals surface area contributed by atoms with Crippen LogP contribution in [0.25, 0.3) is 5.69 Å². The Kier molecular flexibility index (Phi) is 3.77. The van der Waals surface area contributed by atoms with Crippen molar-refractivity contribution in [2.24, 2.45) is 0 Å². The second kappa shape index (κ2) is 6.12. The minimum Gasteiger partial charge on any atom is -0.469 e. The first kappa shape index (κ1) is 16.0. The maximum Gasteiger partial charge on any atom is 0.273 e. The molecule has 1 atom stereocenters. The lowest BCUT2D eigenvalue weighted by Gasteiger charge is -2.25. The number of benzene rings is 1. The third-order valence-electron chi connectivity index (χ3n) is 4.63. The number of hydrogen-bond acceptors (Lipinski definition) is 4. The van der Waals surface area contributed by atoms with E-state index in [9.17, 15) is 19.2 Å². The minimum absolute atomic E-state index is 0.113. The van der Waals surface area contributed by atoms with E-state index in [2.05, 4.69) is 0 Å². The maximum absolute atomic E-state index is 13.3. The highest BCUT2D eigenvalue weighted by Crippen LogP contribution is 2.33. The molecule has 1 aliphatic carbocycles. The molecule has 4 rings (SSSR count). The number of ketones is 1. The van der Waals surface area contributed by atoms with Gasteiger partial charge in [-0.25, -0.2) is 4.39 Å². The van der Waals surface area contributed by atoms with Crippen molar-refractivity contribution in [3.05, 3.63) is 87.5 Å². The average molecular weight is 348 g/mol. The number of aromatic nitrogens is 1. The van der Waals surface area contributed by atoms with Gasteiger partial charge in [0.15, 0.2) is 5.78 Å². The summed E-state index contributed by atoms with van der Waals surface area (Å²) in [5.41, 5.74) is 0.646. The number of furan rings is 1. The fourth-order valence-corrected chi connectivity index (χ4v) is 3.40. The van der Waals surface area contributed by atoms with Crippen molar-refractivity contribution in [2.75, 3.05) is 0 Å². The van der Waals surface area contributed by atoms with Gasteiger partial charge in [0, 0.05) is 29.3 Å². The minimum atomic E-state index is -0.522. The summed E-state index contributed by atoms with van der Waals surface area (Å²) in [6.07, 6.45) is 2.20. The largest absolute Gasteiger partial charge is 0.469 e. The number of hydrogen-bond donors (Lipinski definition) is 0. The van der Waals surface area contributed by atoms with Crippen LogP contribution in [0.15, 0.2) is 57.9 Å². The lowest BCUT2D eigenvalue weighted by Crippen LogP contribution is -2.31. The van der Waals surface area contributed by atoms with Crippen LogP contribution in [0.1, 0.15) is 39.7 Å². The number of nitriles is 1. The molecule has 0 N–H and O–H groups in total. The Morgan fingerprint density at radius 2 is 1.92 bits per heavy atom. The van der Waals surface area contributed by atoms with Crippen LogP contribution in [-0.4, -0.2) is 10.4 Å². The summed E-state index contributed by atoms with van der Waals surface area (Å²) in [5.74, 6) is -0.104. The number of pyridine rings is 1. The molecule has 2 heterocycles. The molecule has 0 saturated carbocycles. The SMILES string of the molecule is N#Cc1cc2c(n(-c3ccc(F)cc3)c1=O)C[C@H](c1ccco1)CC2=O. The molecule has 26 heavy (non-hydrogen) atoms. The lowest BCUT2D eigenvalue weighted by molar-refractivity contribution is 0.0958. The molecule has 0 bridgehead atoms. The Balaban J connectivity index is 1.95. The van der Waals surface area contributed by atoms with Crippen molar-refractivity contribution in [1.82, 2.24) is 4.57 Å². The first-order chi connectivity index (χ1) is 12.6. The normalized spacial score (nSPS) is 16.2. The average Bonchev–Trinajstić information content (AvgIpc) is 3.17. The van der Waals surface area contributed by atoms with Gasteiger partial charge < -0.3 is 4.42 Å². The highest BCUT2D eigenvalue weighted by atomic mass is 19.1. The molecule has 1 aromatic carbocycles. The van der Waals surface area contributed by atoms with E-state index in [1.165, 1.54) is 34.9 Å². The quantitative estimate of drug-likeness (QED) is 0.712. The van der Waals surface area contributed by atoms with E-state index in [0.717, 1.165) is 0 Å². The fraction of sp³-hybridized carbons (Fsp3) is 0.150. The van der Waals surface area contributed by atoms with E-state index in [-0.39, 0.29) is 23.7 Å². The summed E-state index contributed by atoms with van der Waals surface area (Å²) in [6, 6.07) is 12.1. The van der Waals surface area contributed by atoms with E-state index >= 15 is 0 Å². The third kappa shape index (κ3) is 2.54. The molecule has 6 heteroatoms. The third-order valence-corrected chi connectivity index (χ3v) is 4.63. The summed E-state index contributed by atoms with van der Waals surface area (Å²) in [7, 11) is 0. The molecular weight excluding hydrogens is 335 g/mol. The van der Waals surface area contributed by atoms with Gasteiger partial charge in [0.05, 0.1) is 6.26 Å². The van der Waals surface area contributed by atoms with Gasteiger partial charge in [-0.2, -0.15) is 5.26 Å². The molecule has 2 aromatic heterocycles. The van der Waals surface area contributed by atoms with Gasteiger partial charge in [0.2, 0.25) is 0 Å². The number of carbonyl (C=O) groups is 1. The van der Waals surface area contributed by atoms with Crippen molar-refractivity contribution in [3.8, 4) is 11.8 Å². The zero-order chi connectivity index (χ0) is 18.3. The monoisotopic (exact) mass is 348 g/mol. The van der Waals surface area contributed by atoms with Crippen molar-refractivity contribution < 1.29 is 13.6 Å². The van der Waals surface area contributed by atoms with Crippen LogP contribution >= 0.6 is 0 Å². The standard InChI is InChI=1S/C20H13FN2O3/c21-14-3-5-15(6-4-14)23-17-9-12(19-2-1-7-26-19)10-18(24)16(17)8-13(11-22)20(23)25/h1-8,12H,9-10H2/t12-/m0/s1. The van der Waals surface area contributed by atoms with E-state index in [1.54, 1.807) is 18.4 Å². The van der Waals surface area contributed by atoms with E-state index in [1.807, 2.05) is 6.07 Å². The second-order valence-corrected chi connectivity index (χ2v) is 6.19. The fourth-order valence-electron chi connectivity index (χ4n) is 3.40. The van der Waals surface area contributed by atoms with E-state index in [0.29, 0.717) is 29.1 Å². The predicted molar refractivity (Wildman–Crippen MR) is 90.8 cm³/mol. The first-order valence-electron chi connectivity index (χ1n) is 8.10. The Labute approximate surface area is 147 Å². The lowest BCUT2D eigenvalue weighted by atomic mass is 9.83. The van der Waals surface area contributed by atoms with Gasteiger partial charge in [0.1, 0.15) is 23.2 Å². The Morgan fingerprint density at radius 1 is 1.15 bits per heavy atom. The molecule has 0 spiro atoms. The van der Waals surface area contributed by atoms with Crippen molar-refractivity contribution in [1.29, 1.82) is 5.26 Å². The van der Waals surface area contributed by atoms with Gasteiger partial charge in [-0.1, -0.05) is 0 Å². The topological polar surface area (TPSA) is 76.0 Å². The number of carbonyl (C=O) groups excluding carboxylic acids is 1. The number of rotatable bonds is 2. The van der Waals surface area contributed by atoms with Crippen molar-refractivity contribution in [2.45, 2.75) is 18.8 Å². The highest BCUT2D eigenvalue weighted by Gasteiger charge is 2.31. The van der Waals surface area contributed by atoms with Gasteiger partial charge in [0.25, 0.3) is 5.56 Å². The molecule has 0 unspecified atom stereocenters. The molecule has 1 aliphatic rings. The van der Waals surface area contributed by atoms with Crippen LogP contribution < -0.4 is 5.56 Å². The zero-order valence-corrected chi connectivity index (χ0v) is 13.6. The van der Waals surface area contributed by atoms with E-state index in [4.69, 9.17) is 4.42 Å². The Morgan fingerprint density at radius 3 is 2.58 bits per heavy atom. The Bertz CT molecular complexity index is 1090. The predicted octanol–water partition coefficient (Wildman–Crippen LogP) is 3.35. The van der Waals surface area contributed by atoms with Crippen LogP contribution in [0.4, 0.5) is 4.39 Å². The van der Waals surface area contributed by atoms with Crippen LogP contribution in [0.3, 0.4) is 0 Å². The number of fused-ring (bicyclic) bond motifs is 1. The van der Waals surface area contributed by atoms with Gasteiger partial charge in [-0.05, 0) is 48.9 Å². The summed E-state index contributed by atoms with van der Waals surface area (Å²) in [5, 5.41) is 9.27. The van der Waals surface area contributed by atoms with Gasteiger partial charge in [-0.3, -0.25) is 14.2 Å². The maximum atomic E-state index is 13.3. The van der Waals surface area contributed by atoms with Crippen LogP contribution in [0.2, 0.25) is 0 Å². The summed E-state index contributed by atoms with van der Waals surface area (Å²) < 4.78 is 20.1.